The third-order valence-corrected chi connectivity index (χ3v) is 3.06. The van der Waals surface area contributed by atoms with Gasteiger partial charge in [0.2, 0.25) is 0 Å². The zero-order chi connectivity index (χ0) is 15.4. The van der Waals surface area contributed by atoms with Crippen LogP contribution in [-0.2, 0) is 6.54 Å². The topological polar surface area (TPSA) is 66.4 Å². The number of benzene rings is 2. The molecule has 0 atom stereocenters. The smallest absolute Gasteiger partial charge is 0.335 e. The van der Waals surface area contributed by atoms with E-state index in [4.69, 9.17) is 16.7 Å². The van der Waals surface area contributed by atoms with E-state index in [0.717, 1.165) is 6.07 Å². The van der Waals surface area contributed by atoms with Gasteiger partial charge in [-0.25, -0.2) is 9.18 Å². The average molecular weight is 308 g/mol. The summed E-state index contributed by atoms with van der Waals surface area (Å²) in [5, 5.41) is 11.6. The molecule has 6 heteroatoms. The molecule has 0 unspecified atom stereocenters. The Morgan fingerprint density at radius 3 is 2.43 bits per heavy atom. The quantitative estimate of drug-likeness (QED) is 0.912. The molecule has 0 fully saturated rings. The molecule has 0 aliphatic heterocycles. The fourth-order valence-corrected chi connectivity index (χ4v) is 1.89. The summed E-state index contributed by atoms with van der Waals surface area (Å²) in [4.78, 5) is 22.6. The summed E-state index contributed by atoms with van der Waals surface area (Å²) >= 11 is 5.72. The first-order chi connectivity index (χ1) is 9.97. The molecule has 0 bridgehead atoms. The largest absolute Gasteiger partial charge is 0.478 e. The van der Waals surface area contributed by atoms with E-state index >= 15 is 0 Å². The molecule has 0 saturated carbocycles. The van der Waals surface area contributed by atoms with Crippen LogP contribution in [0.1, 0.15) is 26.3 Å². The standard InChI is InChI=1S/C15H11ClFNO3/c16-11-5-6-13(17)12(7-11)14(19)18-8-9-1-3-10(4-2-9)15(20)21/h1-7H,8H2,(H,18,19)(H,20,21). The van der Waals surface area contributed by atoms with Crippen LogP contribution in [0.4, 0.5) is 4.39 Å². The number of halogens is 2. The van der Waals surface area contributed by atoms with Crippen LogP contribution in [0.15, 0.2) is 42.5 Å². The SMILES string of the molecule is O=C(O)c1ccc(CNC(=O)c2cc(Cl)ccc2F)cc1. The highest BCUT2D eigenvalue weighted by Crippen LogP contribution is 2.15. The summed E-state index contributed by atoms with van der Waals surface area (Å²) in [6.07, 6.45) is 0. The lowest BCUT2D eigenvalue weighted by atomic mass is 10.1. The molecule has 4 nitrogen and oxygen atoms in total. The van der Waals surface area contributed by atoms with Gasteiger partial charge in [0.1, 0.15) is 5.82 Å². The molecular formula is C15H11ClFNO3. The molecule has 2 N–H and O–H groups in total. The minimum Gasteiger partial charge on any atom is -0.478 e. The Morgan fingerprint density at radius 2 is 1.81 bits per heavy atom. The fraction of sp³-hybridized carbons (Fsp3) is 0.0667. The highest BCUT2D eigenvalue weighted by atomic mass is 35.5. The van der Waals surface area contributed by atoms with Crippen molar-refractivity contribution in [2.75, 3.05) is 0 Å². The minimum absolute atomic E-state index is 0.135. The predicted octanol–water partition coefficient (Wildman–Crippen LogP) is 3.11. The summed E-state index contributed by atoms with van der Waals surface area (Å²) in [6, 6.07) is 9.76. The van der Waals surface area contributed by atoms with Crippen molar-refractivity contribution < 1.29 is 19.1 Å². The van der Waals surface area contributed by atoms with E-state index in [1.165, 1.54) is 24.3 Å². The van der Waals surface area contributed by atoms with Crippen molar-refractivity contribution in [3.8, 4) is 0 Å². The number of rotatable bonds is 4. The highest BCUT2D eigenvalue weighted by molar-refractivity contribution is 6.31. The molecular weight excluding hydrogens is 297 g/mol. The number of nitrogens with one attached hydrogen (secondary N) is 1. The fourth-order valence-electron chi connectivity index (χ4n) is 1.71. The van der Waals surface area contributed by atoms with Gasteiger partial charge in [0, 0.05) is 11.6 Å². The van der Waals surface area contributed by atoms with Crippen LogP contribution in [0.3, 0.4) is 0 Å². The van der Waals surface area contributed by atoms with E-state index in [1.54, 1.807) is 12.1 Å². The Labute approximate surface area is 125 Å². The number of carbonyl (C=O) groups excluding carboxylic acids is 1. The van der Waals surface area contributed by atoms with Gasteiger partial charge in [0.05, 0.1) is 11.1 Å². The number of carboxylic acid groups (broad SMARTS) is 1. The Kier molecular flexibility index (Phi) is 4.55. The summed E-state index contributed by atoms with van der Waals surface area (Å²) < 4.78 is 13.5. The summed E-state index contributed by atoms with van der Waals surface area (Å²) in [7, 11) is 0. The van der Waals surface area contributed by atoms with E-state index in [9.17, 15) is 14.0 Å². The molecule has 0 spiro atoms. The first-order valence-electron chi connectivity index (χ1n) is 6.03. The van der Waals surface area contributed by atoms with Crippen molar-refractivity contribution in [3.05, 3.63) is 70.0 Å². The van der Waals surface area contributed by atoms with Crippen LogP contribution in [0.2, 0.25) is 5.02 Å². The maximum absolute atomic E-state index is 13.5. The number of amides is 1. The molecule has 2 rings (SSSR count). The Morgan fingerprint density at radius 1 is 1.14 bits per heavy atom. The second-order valence-electron chi connectivity index (χ2n) is 4.31. The first kappa shape index (κ1) is 15.0. The highest BCUT2D eigenvalue weighted by Gasteiger charge is 2.12. The Bertz CT molecular complexity index is 686. The second kappa shape index (κ2) is 6.37. The normalized spacial score (nSPS) is 10.2. The summed E-state index contributed by atoms with van der Waals surface area (Å²) in [6.45, 7) is 0.157. The molecule has 2 aromatic rings. The molecule has 0 heterocycles. The van der Waals surface area contributed by atoms with E-state index in [2.05, 4.69) is 5.32 Å². The van der Waals surface area contributed by atoms with Crippen LogP contribution in [-0.4, -0.2) is 17.0 Å². The number of carbonyl (C=O) groups is 2. The lowest BCUT2D eigenvalue weighted by Crippen LogP contribution is -2.23. The monoisotopic (exact) mass is 307 g/mol. The van der Waals surface area contributed by atoms with Crippen molar-refractivity contribution in [1.29, 1.82) is 0 Å². The minimum atomic E-state index is -1.02. The molecule has 0 aromatic heterocycles. The van der Waals surface area contributed by atoms with Gasteiger partial charge in [-0.2, -0.15) is 0 Å². The summed E-state index contributed by atoms with van der Waals surface area (Å²) in [5.74, 6) is -2.26. The predicted molar refractivity (Wildman–Crippen MR) is 76.0 cm³/mol. The number of aromatic carboxylic acids is 1. The van der Waals surface area contributed by atoms with E-state index in [0.29, 0.717) is 5.56 Å². The van der Waals surface area contributed by atoms with E-state index in [-0.39, 0.29) is 22.7 Å². The molecule has 108 valence electrons. The molecule has 2 aromatic carbocycles. The zero-order valence-corrected chi connectivity index (χ0v) is 11.5. The van der Waals surface area contributed by atoms with Crippen molar-refractivity contribution in [3.63, 3.8) is 0 Å². The zero-order valence-electron chi connectivity index (χ0n) is 10.8. The van der Waals surface area contributed by atoms with Gasteiger partial charge in [0.25, 0.3) is 5.91 Å². The maximum atomic E-state index is 13.5. The van der Waals surface area contributed by atoms with Gasteiger partial charge in [-0.05, 0) is 35.9 Å². The molecule has 0 aliphatic carbocycles. The van der Waals surface area contributed by atoms with Gasteiger partial charge < -0.3 is 10.4 Å². The van der Waals surface area contributed by atoms with Gasteiger partial charge in [0.15, 0.2) is 0 Å². The third-order valence-electron chi connectivity index (χ3n) is 2.83. The molecule has 0 radical (unpaired) electrons. The van der Waals surface area contributed by atoms with Crippen molar-refractivity contribution in [2.24, 2.45) is 0 Å². The van der Waals surface area contributed by atoms with Crippen molar-refractivity contribution in [2.45, 2.75) is 6.54 Å². The number of hydrogen-bond acceptors (Lipinski definition) is 2. The average Bonchev–Trinajstić information content (AvgIpc) is 2.47. The van der Waals surface area contributed by atoms with Crippen LogP contribution in [0.5, 0.6) is 0 Å². The number of carboxylic acids is 1. The Balaban J connectivity index is 2.04. The first-order valence-corrected chi connectivity index (χ1v) is 6.40. The van der Waals surface area contributed by atoms with Crippen molar-refractivity contribution >= 4 is 23.5 Å². The van der Waals surface area contributed by atoms with Crippen LogP contribution >= 0.6 is 11.6 Å². The van der Waals surface area contributed by atoms with Crippen LogP contribution in [0.25, 0.3) is 0 Å². The van der Waals surface area contributed by atoms with Gasteiger partial charge in [-0.1, -0.05) is 23.7 Å². The lowest BCUT2D eigenvalue weighted by molar-refractivity contribution is 0.0696. The van der Waals surface area contributed by atoms with Crippen molar-refractivity contribution in [1.82, 2.24) is 5.32 Å². The second-order valence-corrected chi connectivity index (χ2v) is 4.75. The molecule has 0 aliphatic rings. The summed E-state index contributed by atoms with van der Waals surface area (Å²) in [5.41, 5.74) is 0.728. The Hall–Kier alpha value is -2.40. The van der Waals surface area contributed by atoms with Gasteiger partial charge in [-0.3, -0.25) is 4.79 Å². The van der Waals surface area contributed by atoms with Gasteiger partial charge in [-0.15, -0.1) is 0 Å². The lowest BCUT2D eigenvalue weighted by Gasteiger charge is -2.07. The van der Waals surface area contributed by atoms with Gasteiger partial charge >= 0.3 is 5.97 Å². The molecule has 0 saturated heterocycles. The van der Waals surface area contributed by atoms with E-state index in [1.807, 2.05) is 0 Å². The van der Waals surface area contributed by atoms with Crippen LogP contribution < -0.4 is 5.32 Å². The molecule has 21 heavy (non-hydrogen) atoms. The molecule has 1 amide bonds. The third kappa shape index (κ3) is 3.79. The van der Waals surface area contributed by atoms with Crippen LogP contribution in [0, 0.1) is 5.82 Å². The number of hydrogen-bond donors (Lipinski definition) is 2. The van der Waals surface area contributed by atoms with E-state index < -0.39 is 17.7 Å². The maximum Gasteiger partial charge on any atom is 0.335 e.